The lowest BCUT2D eigenvalue weighted by Crippen LogP contribution is -2.04. The monoisotopic (exact) mass is 410 g/mol. The van der Waals surface area contributed by atoms with Gasteiger partial charge in [-0.05, 0) is 54.6 Å². The first-order chi connectivity index (χ1) is 14.1. The molecule has 3 N–H and O–H groups in total. The van der Waals surface area contributed by atoms with Crippen LogP contribution in [-0.2, 0) is 17.1 Å². The number of rotatable bonds is 5. The summed E-state index contributed by atoms with van der Waals surface area (Å²) in [6, 6.07) is 17.7. The molecule has 0 saturated heterocycles. The van der Waals surface area contributed by atoms with Crippen LogP contribution in [-0.4, -0.2) is 18.8 Å². The summed E-state index contributed by atoms with van der Waals surface area (Å²) in [6.45, 7) is 2.90. The third-order valence-corrected chi connectivity index (χ3v) is 4.70. The normalized spacial score (nSPS) is 9.28. The van der Waals surface area contributed by atoms with Crippen LogP contribution >= 0.6 is 11.8 Å². The quantitative estimate of drug-likeness (QED) is 0.484. The standard InChI is InChI=1S/C14H11FN2S.C7H10N2.CH2O/c15-12-5-6-13(17)14(7-12)18-9-11-3-1-10(8-16)2-4-11;1-8-5-7-3-2-4-9-6-7;1-2/h1-7H,9,17H2;2-4,6,8H,5H2,1H3;1H2. The van der Waals surface area contributed by atoms with Crippen LogP contribution in [0.15, 0.2) is 71.9 Å². The van der Waals surface area contributed by atoms with Gasteiger partial charge in [0, 0.05) is 35.3 Å². The van der Waals surface area contributed by atoms with Crippen LogP contribution in [0.2, 0.25) is 0 Å². The molecule has 29 heavy (non-hydrogen) atoms. The third kappa shape index (κ3) is 9.02. The Labute approximate surface area is 174 Å². The molecule has 1 heterocycles. The van der Waals surface area contributed by atoms with Crippen LogP contribution in [0.25, 0.3) is 0 Å². The van der Waals surface area contributed by atoms with Gasteiger partial charge in [-0.25, -0.2) is 4.39 Å². The van der Waals surface area contributed by atoms with Crippen molar-refractivity contribution < 1.29 is 9.18 Å². The number of carbonyl (C=O) groups is 1. The number of anilines is 1. The molecule has 0 aliphatic heterocycles. The first-order valence-electron chi connectivity index (χ1n) is 8.61. The molecule has 5 nitrogen and oxygen atoms in total. The Morgan fingerprint density at radius 1 is 1.17 bits per heavy atom. The van der Waals surface area contributed by atoms with Crippen molar-refractivity contribution >= 4 is 24.2 Å². The van der Waals surface area contributed by atoms with Crippen molar-refractivity contribution in [3.05, 3.63) is 89.5 Å². The minimum atomic E-state index is -0.286. The molecule has 0 unspecified atom stereocenters. The van der Waals surface area contributed by atoms with Gasteiger partial charge < -0.3 is 15.8 Å². The van der Waals surface area contributed by atoms with Crippen molar-refractivity contribution in [3.63, 3.8) is 0 Å². The van der Waals surface area contributed by atoms with E-state index in [2.05, 4.69) is 16.4 Å². The Kier molecular flexibility index (Phi) is 11.4. The number of benzene rings is 2. The fraction of sp³-hybridized carbons (Fsp3) is 0.136. The van der Waals surface area contributed by atoms with Gasteiger partial charge in [-0.2, -0.15) is 5.26 Å². The molecule has 0 aliphatic carbocycles. The molecule has 0 saturated carbocycles. The van der Waals surface area contributed by atoms with E-state index >= 15 is 0 Å². The maximum absolute atomic E-state index is 13.1. The smallest absolute Gasteiger partial charge is 0.124 e. The second-order valence-electron chi connectivity index (χ2n) is 5.67. The van der Waals surface area contributed by atoms with Crippen molar-refractivity contribution in [2.45, 2.75) is 17.2 Å². The van der Waals surface area contributed by atoms with E-state index in [1.54, 1.807) is 24.4 Å². The minimum absolute atomic E-state index is 0.286. The predicted octanol–water partition coefficient (Wildman–Crippen LogP) is 4.19. The van der Waals surface area contributed by atoms with Crippen molar-refractivity contribution in [2.75, 3.05) is 12.8 Å². The van der Waals surface area contributed by atoms with E-state index in [0.717, 1.165) is 17.0 Å². The zero-order valence-corrected chi connectivity index (χ0v) is 17.0. The van der Waals surface area contributed by atoms with Gasteiger partial charge in [-0.15, -0.1) is 11.8 Å². The Bertz CT molecular complexity index is 899. The number of aromatic nitrogens is 1. The van der Waals surface area contributed by atoms with Crippen molar-refractivity contribution in [2.24, 2.45) is 0 Å². The molecular formula is C22H23FN4OS. The van der Waals surface area contributed by atoms with Gasteiger partial charge in [-0.3, -0.25) is 4.98 Å². The second kappa shape index (κ2) is 13.9. The highest BCUT2D eigenvalue weighted by molar-refractivity contribution is 7.98. The lowest BCUT2D eigenvalue weighted by atomic mass is 10.2. The van der Waals surface area contributed by atoms with Gasteiger partial charge in [0.2, 0.25) is 0 Å². The largest absolute Gasteiger partial charge is 0.398 e. The number of nitrogens with one attached hydrogen (secondary N) is 1. The minimum Gasteiger partial charge on any atom is -0.398 e. The van der Waals surface area contributed by atoms with Gasteiger partial charge in [0.15, 0.2) is 0 Å². The summed E-state index contributed by atoms with van der Waals surface area (Å²) < 4.78 is 13.1. The van der Waals surface area contributed by atoms with Gasteiger partial charge in [0.05, 0.1) is 11.6 Å². The average Bonchev–Trinajstić information content (AvgIpc) is 2.77. The van der Waals surface area contributed by atoms with E-state index in [0.29, 0.717) is 17.0 Å². The maximum atomic E-state index is 13.1. The number of pyridine rings is 1. The van der Waals surface area contributed by atoms with Gasteiger partial charge in [0.1, 0.15) is 12.6 Å². The molecule has 3 rings (SSSR count). The van der Waals surface area contributed by atoms with E-state index < -0.39 is 0 Å². The Morgan fingerprint density at radius 3 is 2.48 bits per heavy atom. The van der Waals surface area contributed by atoms with Crippen LogP contribution < -0.4 is 11.1 Å². The SMILES string of the molecule is C=O.CNCc1cccnc1.N#Cc1ccc(CSc2cc(F)ccc2N)cc1. The number of thioether (sulfide) groups is 1. The second-order valence-corrected chi connectivity index (χ2v) is 6.69. The molecular weight excluding hydrogens is 387 g/mol. The highest BCUT2D eigenvalue weighted by Gasteiger charge is 2.03. The van der Waals surface area contributed by atoms with Gasteiger partial charge >= 0.3 is 0 Å². The molecule has 0 aliphatic rings. The summed E-state index contributed by atoms with van der Waals surface area (Å²) in [5.74, 6) is 0.408. The average molecular weight is 411 g/mol. The van der Waals surface area contributed by atoms with E-state index in [1.165, 1.54) is 29.5 Å². The summed E-state index contributed by atoms with van der Waals surface area (Å²) in [6.07, 6.45) is 3.63. The zero-order valence-electron chi connectivity index (χ0n) is 16.1. The summed E-state index contributed by atoms with van der Waals surface area (Å²) in [5, 5.41) is 11.7. The lowest BCUT2D eigenvalue weighted by Gasteiger charge is -2.05. The third-order valence-electron chi connectivity index (χ3n) is 3.56. The molecule has 7 heteroatoms. The van der Waals surface area contributed by atoms with Crippen LogP contribution in [0, 0.1) is 17.1 Å². The zero-order chi connectivity index (χ0) is 21.5. The van der Waals surface area contributed by atoms with E-state index in [4.69, 9.17) is 15.8 Å². The number of nitriles is 1. The molecule has 0 fully saturated rings. The molecule has 0 spiro atoms. The summed E-state index contributed by atoms with van der Waals surface area (Å²) in [4.78, 5) is 12.7. The first-order valence-corrected chi connectivity index (χ1v) is 9.60. The molecule has 0 amide bonds. The van der Waals surface area contributed by atoms with Gasteiger partial charge in [0.25, 0.3) is 0 Å². The van der Waals surface area contributed by atoms with Crippen LogP contribution in [0.3, 0.4) is 0 Å². The van der Waals surface area contributed by atoms with Crippen LogP contribution in [0.5, 0.6) is 0 Å². The summed E-state index contributed by atoms with van der Waals surface area (Å²) >= 11 is 1.48. The summed E-state index contributed by atoms with van der Waals surface area (Å²) in [7, 11) is 1.92. The number of halogens is 1. The number of carbonyl (C=O) groups excluding carboxylic acids is 1. The predicted molar refractivity (Wildman–Crippen MR) is 116 cm³/mol. The van der Waals surface area contributed by atoms with Gasteiger partial charge in [-0.1, -0.05) is 18.2 Å². The highest BCUT2D eigenvalue weighted by Crippen LogP contribution is 2.28. The summed E-state index contributed by atoms with van der Waals surface area (Å²) in [5.41, 5.74) is 9.27. The van der Waals surface area contributed by atoms with E-state index in [1.807, 2.05) is 44.3 Å². The molecule has 3 aromatic rings. The molecule has 0 radical (unpaired) electrons. The molecule has 0 atom stereocenters. The Balaban J connectivity index is 0.000000321. The highest BCUT2D eigenvalue weighted by atomic mass is 32.2. The number of hydrogen-bond donors (Lipinski definition) is 2. The number of nitrogens with zero attached hydrogens (tertiary/aromatic N) is 2. The maximum Gasteiger partial charge on any atom is 0.124 e. The molecule has 2 aromatic carbocycles. The van der Waals surface area contributed by atoms with Crippen molar-refractivity contribution in [3.8, 4) is 6.07 Å². The van der Waals surface area contributed by atoms with Crippen molar-refractivity contribution in [1.82, 2.24) is 10.3 Å². The van der Waals surface area contributed by atoms with Crippen molar-refractivity contribution in [1.29, 1.82) is 5.26 Å². The lowest BCUT2D eigenvalue weighted by molar-refractivity contribution is -0.0979. The number of nitrogen functional groups attached to an aromatic ring is 1. The molecule has 150 valence electrons. The number of hydrogen-bond acceptors (Lipinski definition) is 6. The Hall–Kier alpha value is -3.21. The van der Waals surface area contributed by atoms with Crippen LogP contribution in [0.4, 0.5) is 10.1 Å². The molecule has 0 bridgehead atoms. The van der Waals surface area contributed by atoms with Crippen LogP contribution in [0.1, 0.15) is 16.7 Å². The first kappa shape index (κ1) is 23.8. The fourth-order valence-electron chi connectivity index (χ4n) is 2.18. The molecule has 1 aromatic heterocycles. The number of nitrogens with two attached hydrogens (primary N) is 1. The Morgan fingerprint density at radius 2 is 1.90 bits per heavy atom. The fourth-order valence-corrected chi connectivity index (χ4v) is 3.12. The van der Waals surface area contributed by atoms with E-state index in [-0.39, 0.29) is 5.82 Å². The topological polar surface area (TPSA) is 91.8 Å². The van der Waals surface area contributed by atoms with E-state index in [9.17, 15) is 4.39 Å².